The number of quaternary nitrogens is 1. The lowest BCUT2D eigenvalue weighted by molar-refractivity contribution is -0.967. The average molecular weight is 183 g/mol. The third-order valence-electron chi connectivity index (χ3n) is 4.67. The highest BCUT2D eigenvalue weighted by atomic mass is 15.4. The van der Waals surface area contributed by atoms with Gasteiger partial charge in [-0.3, -0.25) is 0 Å². The second-order valence-corrected chi connectivity index (χ2v) is 5.43. The van der Waals surface area contributed by atoms with Crippen molar-refractivity contribution in [1.29, 1.82) is 0 Å². The van der Waals surface area contributed by atoms with E-state index in [0.717, 1.165) is 18.1 Å². The SMILES string of the molecule is CC(C)[N+]1(C)C2CCC1CC(N)C2. The summed E-state index contributed by atoms with van der Waals surface area (Å²) in [6.45, 7) is 4.73. The van der Waals surface area contributed by atoms with Gasteiger partial charge in [0.25, 0.3) is 0 Å². The van der Waals surface area contributed by atoms with E-state index >= 15 is 0 Å². The second-order valence-electron chi connectivity index (χ2n) is 5.43. The Morgan fingerprint density at radius 3 is 2.00 bits per heavy atom. The van der Waals surface area contributed by atoms with Crippen molar-refractivity contribution in [2.75, 3.05) is 7.05 Å². The van der Waals surface area contributed by atoms with E-state index in [2.05, 4.69) is 20.9 Å². The van der Waals surface area contributed by atoms with Crippen LogP contribution in [0.4, 0.5) is 0 Å². The maximum absolute atomic E-state index is 6.07. The van der Waals surface area contributed by atoms with Gasteiger partial charge in [0.2, 0.25) is 0 Å². The molecular weight excluding hydrogens is 160 g/mol. The van der Waals surface area contributed by atoms with Crippen LogP contribution >= 0.6 is 0 Å². The van der Waals surface area contributed by atoms with E-state index in [-0.39, 0.29) is 0 Å². The molecule has 2 nitrogen and oxygen atoms in total. The first kappa shape index (κ1) is 9.47. The maximum Gasteiger partial charge on any atom is 0.0909 e. The van der Waals surface area contributed by atoms with Gasteiger partial charge in [-0.1, -0.05) is 0 Å². The van der Waals surface area contributed by atoms with E-state index in [4.69, 9.17) is 5.73 Å². The normalized spacial score (nSPS) is 50.1. The van der Waals surface area contributed by atoms with E-state index < -0.39 is 0 Å². The number of hydrogen-bond acceptors (Lipinski definition) is 1. The summed E-state index contributed by atoms with van der Waals surface area (Å²) in [5.41, 5.74) is 6.07. The van der Waals surface area contributed by atoms with Gasteiger partial charge in [0, 0.05) is 31.7 Å². The quantitative estimate of drug-likeness (QED) is 0.612. The van der Waals surface area contributed by atoms with Crippen LogP contribution in [0.3, 0.4) is 0 Å². The van der Waals surface area contributed by atoms with Crippen LogP contribution in [0, 0.1) is 0 Å². The third kappa shape index (κ3) is 1.23. The van der Waals surface area contributed by atoms with E-state index in [0.29, 0.717) is 6.04 Å². The maximum atomic E-state index is 6.07. The van der Waals surface area contributed by atoms with Crippen LogP contribution in [0.1, 0.15) is 39.5 Å². The lowest BCUT2D eigenvalue weighted by Gasteiger charge is -2.49. The first-order valence-corrected chi connectivity index (χ1v) is 5.66. The highest BCUT2D eigenvalue weighted by molar-refractivity contribution is 4.88. The van der Waals surface area contributed by atoms with Crippen LogP contribution in [0.25, 0.3) is 0 Å². The molecule has 2 heteroatoms. The molecule has 2 heterocycles. The Kier molecular flexibility index (Phi) is 2.16. The van der Waals surface area contributed by atoms with Gasteiger partial charge in [0.05, 0.1) is 25.2 Å². The summed E-state index contributed by atoms with van der Waals surface area (Å²) in [4.78, 5) is 0. The van der Waals surface area contributed by atoms with Gasteiger partial charge in [0.1, 0.15) is 0 Å². The minimum Gasteiger partial charge on any atom is -0.327 e. The van der Waals surface area contributed by atoms with Crippen LogP contribution < -0.4 is 5.73 Å². The van der Waals surface area contributed by atoms with Crippen LogP contribution in [0.15, 0.2) is 0 Å². The molecule has 0 aromatic carbocycles. The molecule has 2 saturated heterocycles. The smallest absolute Gasteiger partial charge is 0.0909 e. The minimum atomic E-state index is 0.488. The second kappa shape index (κ2) is 2.96. The summed E-state index contributed by atoms with van der Waals surface area (Å²) in [6, 6.07) is 2.97. The molecule has 0 spiro atoms. The molecule has 0 aromatic heterocycles. The average Bonchev–Trinajstić information content (AvgIpc) is 2.29. The van der Waals surface area contributed by atoms with E-state index in [9.17, 15) is 0 Å². The molecule has 2 fully saturated rings. The summed E-state index contributed by atoms with van der Waals surface area (Å²) in [7, 11) is 2.44. The van der Waals surface area contributed by atoms with Crippen molar-refractivity contribution in [3.8, 4) is 0 Å². The van der Waals surface area contributed by atoms with Crippen molar-refractivity contribution in [2.24, 2.45) is 5.73 Å². The molecule has 2 rings (SSSR count). The fourth-order valence-corrected chi connectivity index (χ4v) is 3.57. The highest BCUT2D eigenvalue weighted by Crippen LogP contribution is 2.42. The summed E-state index contributed by atoms with van der Waals surface area (Å²) in [5, 5.41) is 0. The number of nitrogens with zero attached hydrogens (tertiary/aromatic N) is 1. The molecule has 0 aliphatic carbocycles. The fraction of sp³-hybridized carbons (Fsp3) is 1.00. The summed E-state index contributed by atoms with van der Waals surface area (Å²) < 4.78 is 1.30. The molecule has 13 heavy (non-hydrogen) atoms. The Hall–Kier alpha value is -0.0800. The summed E-state index contributed by atoms with van der Waals surface area (Å²) >= 11 is 0. The van der Waals surface area contributed by atoms with Gasteiger partial charge in [0.15, 0.2) is 0 Å². The van der Waals surface area contributed by atoms with Crippen molar-refractivity contribution in [2.45, 2.75) is 63.7 Å². The standard InChI is InChI=1S/C11H23N2/c1-8(2)13(3)10-4-5-11(13)7-9(12)6-10/h8-11H,4-7,12H2,1-3H3/q+1. The third-order valence-corrected chi connectivity index (χ3v) is 4.67. The van der Waals surface area contributed by atoms with Crippen LogP contribution in [-0.2, 0) is 0 Å². The summed E-state index contributed by atoms with van der Waals surface area (Å²) in [6.07, 6.45) is 5.33. The molecule has 0 amide bonds. The van der Waals surface area contributed by atoms with Gasteiger partial charge < -0.3 is 10.2 Å². The first-order valence-electron chi connectivity index (χ1n) is 5.66. The number of fused-ring (bicyclic) bond motifs is 2. The number of hydrogen-bond donors (Lipinski definition) is 1. The molecule has 2 unspecified atom stereocenters. The van der Waals surface area contributed by atoms with E-state index in [1.807, 2.05) is 0 Å². The topological polar surface area (TPSA) is 26.0 Å². The van der Waals surface area contributed by atoms with Gasteiger partial charge in [-0.05, 0) is 13.8 Å². The van der Waals surface area contributed by atoms with E-state index in [1.165, 1.54) is 30.2 Å². The van der Waals surface area contributed by atoms with Crippen LogP contribution in [-0.4, -0.2) is 35.7 Å². The molecular formula is C11H23N2+. The highest BCUT2D eigenvalue weighted by Gasteiger charge is 2.51. The molecule has 76 valence electrons. The Morgan fingerprint density at radius 2 is 1.62 bits per heavy atom. The molecule has 2 aliphatic rings. The molecule has 2 bridgehead atoms. The molecule has 0 saturated carbocycles. The Bertz CT molecular complexity index is 186. The number of piperidine rings is 1. The van der Waals surface area contributed by atoms with Crippen molar-refractivity contribution < 1.29 is 4.48 Å². The van der Waals surface area contributed by atoms with Crippen molar-refractivity contribution in [3.63, 3.8) is 0 Å². The fourth-order valence-electron chi connectivity index (χ4n) is 3.57. The largest absolute Gasteiger partial charge is 0.327 e. The molecule has 2 aliphatic heterocycles. The Labute approximate surface area is 81.7 Å². The van der Waals surface area contributed by atoms with Gasteiger partial charge in [-0.25, -0.2) is 0 Å². The van der Waals surface area contributed by atoms with Gasteiger partial charge in [-0.15, -0.1) is 0 Å². The zero-order chi connectivity index (χ0) is 9.64. The minimum absolute atomic E-state index is 0.488. The zero-order valence-corrected chi connectivity index (χ0v) is 9.16. The summed E-state index contributed by atoms with van der Waals surface area (Å²) in [5.74, 6) is 0. The first-order chi connectivity index (χ1) is 6.05. The molecule has 2 N–H and O–H groups in total. The Balaban J connectivity index is 2.23. The van der Waals surface area contributed by atoms with Gasteiger partial charge >= 0.3 is 0 Å². The van der Waals surface area contributed by atoms with Crippen LogP contribution in [0.2, 0.25) is 0 Å². The lowest BCUT2D eigenvalue weighted by Crippen LogP contribution is -2.63. The van der Waals surface area contributed by atoms with Crippen molar-refractivity contribution >= 4 is 0 Å². The molecule has 0 aromatic rings. The lowest BCUT2D eigenvalue weighted by atomic mass is 9.93. The molecule has 0 radical (unpaired) electrons. The monoisotopic (exact) mass is 183 g/mol. The predicted molar refractivity (Wildman–Crippen MR) is 55.3 cm³/mol. The number of nitrogens with two attached hydrogens (primary N) is 1. The Morgan fingerprint density at radius 1 is 1.15 bits per heavy atom. The molecule has 2 atom stereocenters. The van der Waals surface area contributed by atoms with Crippen LogP contribution in [0.5, 0.6) is 0 Å². The predicted octanol–water partition coefficient (Wildman–Crippen LogP) is 1.49. The number of rotatable bonds is 1. The van der Waals surface area contributed by atoms with Crippen molar-refractivity contribution in [3.05, 3.63) is 0 Å². The van der Waals surface area contributed by atoms with Crippen molar-refractivity contribution in [1.82, 2.24) is 0 Å². The zero-order valence-electron chi connectivity index (χ0n) is 9.16. The van der Waals surface area contributed by atoms with E-state index in [1.54, 1.807) is 0 Å². The van der Waals surface area contributed by atoms with Gasteiger partial charge in [-0.2, -0.15) is 0 Å².